The van der Waals surface area contributed by atoms with Gasteiger partial charge in [0.15, 0.2) is 5.82 Å². The lowest BCUT2D eigenvalue weighted by molar-refractivity contribution is -0.953. The number of hydrogen-bond donors (Lipinski definition) is 1. The number of nitrogens with one attached hydrogen (secondary N) is 1. The van der Waals surface area contributed by atoms with Gasteiger partial charge >= 0.3 is 5.97 Å². The Morgan fingerprint density at radius 3 is 2.67 bits per heavy atom. The van der Waals surface area contributed by atoms with Crippen LogP contribution in [-0.2, 0) is 11.3 Å². The smallest absolute Gasteiger partial charge is 0.337 e. The van der Waals surface area contributed by atoms with E-state index >= 15 is 0 Å². The molecule has 3 aliphatic heterocycles. The highest BCUT2D eigenvalue weighted by Crippen LogP contribution is 2.22. The fourth-order valence-electron chi connectivity index (χ4n) is 3.79. The molecule has 1 aromatic carbocycles. The number of quaternary nitrogens is 1. The Kier molecular flexibility index (Phi) is 3.62. The molecule has 0 aliphatic carbocycles. The lowest BCUT2D eigenvalue weighted by Crippen LogP contribution is -2.66. The summed E-state index contributed by atoms with van der Waals surface area (Å²) in [6.45, 7) is 7.39. The maximum Gasteiger partial charge on any atom is 0.337 e. The highest BCUT2D eigenvalue weighted by atomic mass is 16.5. The third-order valence-corrected chi connectivity index (χ3v) is 5.33. The van der Waals surface area contributed by atoms with E-state index in [9.17, 15) is 9.59 Å². The lowest BCUT2D eigenvalue weighted by atomic mass is 10.1. The van der Waals surface area contributed by atoms with E-state index in [0.717, 1.165) is 50.3 Å². The summed E-state index contributed by atoms with van der Waals surface area (Å²) in [6.07, 6.45) is 0. The van der Waals surface area contributed by atoms with E-state index in [4.69, 9.17) is 4.74 Å². The van der Waals surface area contributed by atoms with Crippen LogP contribution < -0.4 is 5.56 Å². The van der Waals surface area contributed by atoms with Crippen molar-refractivity contribution < 1.29 is 14.0 Å². The topological polar surface area (TPSA) is 75.3 Å². The van der Waals surface area contributed by atoms with Crippen molar-refractivity contribution in [3.63, 3.8) is 0 Å². The standard InChI is InChI=1S/C17H20N4O3/c1-24-17(23)12-2-3-13-14(10-12)18-15(19-16(13)22)11-21-7-4-20(5-8-21)6-9-21/h2-3,10H,4-9,11H2,1H3/p+1. The van der Waals surface area contributed by atoms with E-state index in [1.807, 2.05) is 0 Å². The highest BCUT2D eigenvalue weighted by Gasteiger charge is 2.38. The average Bonchev–Trinajstić information content (AvgIpc) is 2.61. The van der Waals surface area contributed by atoms with Gasteiger partial charge in [-0.2, -0.15) is 0 Å². The van der Waals surface area contributed by atoms with Crippen molar-refractivity contribution in [3.8, 4) is 0 Å². The number of fused-ring (bicyclic) bond motifs is 4. The number of carbonyl (C=O) groups excluding carboxylic acids is 1. The van der Waals surface area contributed by atoms with E-state index in [0.29, 0.717) is 22.3 Å². The Morgan fingerprint density at radius 2 is 2.00 bits per heavy atom. The minimum absolute atomic E-state index is 0.153. The number of aromatic nitrogens is 2. The highest BCUT2D eigenvalue weighted by molar-refractivity contribution is 5.93. The van der Waals surface area contributed by atoms with Gasteiger partial charge in [-0.25, -0.2) is 9.78 Å². The van der Waals surface area contributed by atoms with E-state index in [-0.39, 0.29) is 5.56 Å². The van der Waals surface area contributed by atoms with Crippen LogP contribution in [0.3, 0.4) is 0 Å². The van der Waals surface area contributed by atoms with Crippen molar-refractivity contribution in [2.75, 3.05) is 46.4 Å². The van der Waals surface area contributed by atoms with Gasteiger partial charge in [-0.15, -0.1) is 0 Å². The third kappa shape index (κ3) is 2.59. The van der Waals surface area contributed by atoms with Gasteiger partial charge in [-0.1, -0.05) is 0 Å². The van der Waals surface area contributed by atoms with Crippen molar-refractivity contribution >= 4 is 16.9 Å². The molecule has 4 heterocycles. The minimum Gasteiger partial charge on any atom is -0.465 e. The van der Waals surface area contributed by atoms with Gasteiger partial charge in [-0.3, -0.25) is 9.69 Å². The maximum atomic E-state index is 12.4. The summed E-state index contributed by atoms with van der Waals surface area (Å²) in [7, 11) is 1.34. The maximum absolute atomic E-state index is 12.4. The van der Waals surface area contributed by atoms with Crippen molar-refractivity contribution in [3.05, 3.63) is 39.9 Å². The predicted molar refractivity (Wildman–Crippen MR) is 88.7 cm³/mol. The van der Waals surface area contributed by atoms with Gasteiger partial charge in [0.2, 0.25) is 0 Å². The molecule has 2 aromatic rings. The molecule has 0 amide bonds. The molecule has 0 radical (unpaired) electrons. The zero-order chi connectivity index (χ0) is 16.7. The number of hydrogen-bond acceptors (Lipinski definition) is 5. The van der Waals surface area contributed by atoms with Gasteiger partial charge in [0.1, 0.15) is 6.54 Å². The molecule has 0 spiro atoms. The van der Waals surface area contributed by atoms with E-state index in [1.54, 1.807) is 18.2 Å². The molecule has 3 saturated heterocycles. The van der Waals surface area contributed by atoms with Gasteiger partial charge in [0.25, 0.3) is 5.56 Å². The first-order chi connectivity index (χ1) is 11.6. The number of aromatic amines is 1. The minimum atomic E-state index is -0.422. The molecule has 7 heteroatoms. The van der Waals surface area contributed by atoms with E-state index in [2.05, 4.69) is 14.9 Å². The largest absolute Gasteiger partial charge is 0.465 e. The molecular formula is C17H21N4O3+. The Bertz CT molecular complexity index is 839. The second-order valence-corrected chi connectivity index (χ2v) is 6.75. The Hall–Kier alpha value is -2.25. The van der Waals surface area contributed by atoms with Crippen LogP contribution in [0, 0.1) is 0 Å². The summed E-state index contributed by atoms with van der Waals surface area (Å²) < 4.78 is 5.73. The molecule has 2 bridgehead atoms. The molecule has 3 fully saturated rings. The zero-order valence-corrected chi connectivity index (χ0v) is 13.7. The normalized spacial score (nSPS) is 25.8. The number of H-pyrrole nitrogens is 1. The Labute approximate surface area is 139 Å². The zero-order valence-electron chi connectivity index (χ0n) is 13.7. The van der Waals surface area contributed by atoms with Gasteiger partial charge in [0, 0.05) is 19.6 Å². The van der Waals surface area contributed by atoms with E-state index in [1.165, 1.54) is 7.11 Å². The molecule has 3 aliphatic rings. The first kappa shape index (κ1) is 15.3. The van der Waals surface area contributed by atoms with Crippen molar-refractivity contribution in [1.82, 2.24) is 14.9 Å². The molecule has 1 aromatic heterocycles. The van der Waals surface area contributed by atoms with Gasteiger partial charge in [-0.05, 0) is 18.2 Å². The number of methoxy groups -OCH3 is 1. The molecular weight excluding hydrogens is 308 g/mol. The first-order valence-corrected chi connectivity index (χ1v) is 8.27. The van der Waals surface area contributed by atoms with Crippen LogP contribution >= 0.6 is 0 Å². The fourth-order valence-corrected chi connectivity index (χ4v) is 3.79. The second-order valence-electron chi connectivity index (χ2n) is 6.75. The average molecular weight is 329 g/mol. The number of piperazine rings is 3. The SMILES string of the molecule is COC(=O)c1ccc2c(=O)[nH]c(C[N+]34CCN(CC3)CC4)nc2c1. The van der Waals surface area contributed by atoms with Crippen molar-refractivity contribution in [2.45, 2.75) is 6.54 Å². The fraction of sp³-hybridized carbons (Fsp3) is 0.471. The first-order valence-electron chi connectivity index (χ1n) is 8.27. The summed E-state index contributed by atoms with van der Waals surface area (Å²) >= 11 is 0. The number of carbonyl (C=O) groups is 1. The van der Waals surface area contributed by atoms with Crippen LogP contribution in [0.5, 0.6) is 0 Å². The number of esters is 1. The Morgan fingerprint density at radius 1 is 1.29 bits per heavy atom. The molecule has 126 valence electrons. The number of ether oxygens (including phenoxy) is 1. The van der Waals surface area contributed by atoms with Crippen LogP contribution in [0.15, 0.2) is 23.0 Å². The quantitative estimate of drug-likeness (QED) is 0.650. The van der Waals surface area contributed by atoms with Crippen molar-refractivity contribution in [1.29, 1.82) is 0 Å². The summed E-state index contributed by atoms with van der Waals surface area (Å²) in [5, 5.41) is 0.495. The number of nitrogens with zero attached hydrogens (tertiary/aromatic N) is 3. The summed E-state index contributed by atoms with van der Waals surface area (Å²) in [4.78, 5) is 34.1. The van der Waals surface area contributed by atoms with Crippen LogP contribution in [-0.4, -0.2) is 71.7 Å². The second kappa shape index (κ2) is 5.68. The number of benzene rings is 1. The van der Waals surface area contributed by atoms with Crippen LogP contribution in [0.4, 0.5) is 0 Å². The molecule has 5 rings (SSSR count). The summed E-state index contributed by atoms with van der Waals surface area (Å²) in [6, 6.07) is 4.86. The molecule has 7 nitrogen and oxygen atoms in total. The van der Waals surface area contributed by atoms with Crippen LogP contribution in [0.2, 0.25) is 0 Å². The molecule has 1 N–H and O–H groups in total. The summed E-state index contributed by atoms with van der Waals surface area (Å²) in [5.74, 6) is 0.277. The van der Waals surface area contributed by atoms with Crippen LogP contribution in [0.1, 0.15) is 16.2 Å². The lowest BCUT2D eigenvalue weighted by Gasteiger charge is -2.50. The monoisotopic (exact) mass is 329 g/mol. The molecule has 24 heavy (non-hydrogen) atoms. The van der Waals surface area contributed by atoms with Gasteiger partial charge in [0.05, 0.1) is 43.2 Å². The molecule has 0 unspecified atom stereocenters. The predicted octanol–water partition coefficient (Wildman–Crippen LogP) is 0.356. The van der Waals surface area contributed by atoms with Gasteiger partial charge < -0.3 is 14.2 Å². The third-order valence-electron chi connectivity index (χ3n) is 5.33. The summed E-state index contributed by atoms with van der Waals surface area (Å²) in [5.41, 5.74) is 0.804. The molecule has 0 saturated carbocycles. The van der Waals surface area contributed by atoms with Crippen molar-refractivity contribution in [2.24, 2.45) is 0 Å². The molecule has 0 atom stereocenters. The number of rotatable bonds is 3. The Balaban J connectivity index is 1.70. The van der Waals surface area contributed by atoms with E-state index < -0.39 is 5.97 Å². The van der Waals surface area contributed by atoms with Crippen LogP contribution in [0.25, 0.3) is 10.9 Å².